The van der Waals surface area contributed by atoms with E-state index in [2.05, 4.69) is 12.0 Å². The maximum Gasteiger partial charge on any atom is 0.0996 e. The van der Waals surface area contributed by atoms with E-state index >= 15 is 0 Å². The predicted octanol–water partition coefficient (Wildman–Crippen LogP) is 2.94. The van der Waals surface area contributed by atoms with E-state index in [0.717, 1.165) is 38.1 Å². The minimum Gasteiger partial charge on any atom is -0.387 e. The Kier molecular flexibility index (Phi) is 5.03. The van der Waals surface area contributed by atoms with Gasteiger partial charge in [-0.25, -0.2) is 0 Å². The van der Waals surface area contributed by atoms with E-state index in [-0.39, 0.29) is 6.10 Å². The first-order valence-electron chi connectivity index (χ1n) is 6.73. The molecule has 18 heavy (non-hydrogen) atoms. The summed E-state index contributed by atoms with van der Waals surface area (Å²) in [6, 6.07) is 0. The number of aryl methyl sites for hydroxylation is 1. The average Bonchev–Trinajstić information content (AvgIpc) is 2.72. The van der Waals surface area contributed by atoms with Gasteiger partial charge in [0, 0.05) is 19.6 Å². The van der Waals surface area contributed by atoms with Crippen molar-refractivity contribution in [3.63, 3.8) is 0 Å². The topological polar surface area (TPSA) is 47.3 Å². The number of aliphatic hydroxyl groups is 1. The molecule has 0 aromatic carbocycles. The highest BCUT2D eigenvalue weighted by Gasteiger charge is 2.23. The van der Waals surface area contributed by atoms with Gasteiger partial charge in [0.1, 0.15) is 0 Å². The van der Waals surface area contributed by atoms with Gasteiger partial charge in [0.05, 0.1) is 29.1 Å². The van der Waals surface area contributed by atoms with Crippen molar-refractivity contribution in [3.05, 3.63) is 16.9 Å². The maximum atomic E-state index is 10.3. The molecule has 1 saturated heterocycles. The van der Waals surface area contributed by atoms with Crippen LogP contribution in [-0.4, -0.2) is 27.6 Å². The van der Waals surface area contributed by atoms with Crippen LogP contribution in [0.15, 0.2) is 6.20 Å². The van der Waals surface area contributed by atoms with Crippen LogP contribution in [0.5, 0.6) is 0 Å². The number of halogens is 1. The lowest BCUT2D eigenvalue weighted by Crippen LogP contribution is -2.22. The first kappa shape index (κ1) is 13.8. The standard InChI is InChI=1S/C13H21ClN2O2/c1-2-6-16-13(11(14)9-15-16)12(17)8-10-5-3-4-7-18-10/h9-10,12,17H,2-8H2,1H3. The van der Waals surface area contributed by atoms with Crippen LogP contribution < -0.4 is 0 Å². The van der Waals surface area contributed by atoms with Gasteiger partial charge < -0.3 is 9.84 Å². The molecule has 0 amide bonds. The fraction of sp³-hybridized carbons (Fsp3) is 0.769. The molecule has 2 rings (SSSR count). The van der Waals surface area contributed by atoms with Crippen molar-refractivity contribution in [2.45, 2.75) is 57.8 Å². The monoisotopic (exact) mass is 272 g/mol. The molecule has 1 N–H and O–H groups in total. The number of nitrogens with zero attached hydrogens (tertiary/aromatic N) is 2. The Labute approximate surface area is 113 Å². The summed E-state index contributed by atoms with van der Waals surface area (Å²) in [6.07, 6.45) is 6.07. The zero-order valence-electron chi connectivity index (χ0n) is 10.8. The molecule has 0 aliphatic carbocycles. The second-order valence-corrected chi connectivity index (χ2v) is 5.25. The lowest BCUT2D eigenvalue weighted by Gasteiger charge is -2.25. The molecule has 2 heterocycles. The summed E-state index contributed by atoms with van der Waals surface area (Å²) < 4.78 is 7.46. The van der Waals surface area contributed by atoms with Crippen molar-refractivity contribution in [1.29, 1.82) is 0 Å². The summed E-state index contributed by atoms with van der Waals surface area (Å²) in [5.74, 6) is 0. The Morgan fingerprint density at radius 1 is 1.61 bits per heavy atom. The van der Waals surface area contributed by atoms with Crippen LogP contribution in [0.4, 0.5) is 0 Å². The highest BCUT2D eigenvalue weighted by atomic mass is 35.5. The minimum atomic E-state index is -0.588. The molecule has 1 aliphatic heterocycles. The van der Waals surface area contributed by atoms with E-state index in [4.69, 9.17) is 16.3 Å². The molecular formula is C13H21ClN2O2. The van der Waals surface area contributed by atoms with Gasteiger partial charge in [0.2, 0.25) is 0 Å². The van der Waals surface area contributed by atoms with Gasteiger partial charge in [0.25, 0.3) is 0 Å². The number of rotatable bonds is 5. The molecule has 2 unspecified atom stereocenters. The molecule has 102 valence electrons. The van der Waals surface area contributed by atoms with Crippen molar-refractivity contribution < 1.29 is 9.84 Å². The lowest BCUT2D eigenvalue weighted by atomic mass is 10.0. The lowest BCUT2D eigenvalue weighted by molar-refractivity contribution is -0.0170. The van der Waals surface area contributed by atoms with Gasteiger partial charge in [-0.2, -0.15) is 5.10 Å². The minimum absolute atomic E-state index is 0.148. The largest absolute Gasteiger partial charge is 0.387 e. The van der Waals surface area contributed by atoms with Gasteiger partial charge >= 0.3 is 0 Å². The summed E-state index contributed by atoms with van der Waals surface area (Å²) in [7, 11) is 0. The summed E-state index contributed by atoms with van der Waals surface area (Å²) in [6.45, 7) is 3.67. The molecule has 0 radical (unpaired) electrons. The third-order valence-corrected chi connectivity index (χ3v) is 3.64. The number of hydrogen-bond acceptors (Lipinski definition) is 3. The molecule has 4 nitrogen and oxygen atoms in total. The molecule has 1 aliphatic rings. The third-order valence-electron chi connectivity index (χ3n) is 3.34. The fourth-order valence-corrected chi connectivity index (χ4v) is 2.71. The molecule has 0 bridgehead atoms. The van der Waals surface area contributed by atoms with Gasteiger partial charge in [-0.3, -0.25) is 4.68 Å². The molecule has 0 spiro atoms. The smallest absolute Gasteiger partial charge is 0.0996 e. The van der Waals surface area contributed by atoms with Crippen LogP contribution in [-0.2, 0) is 11.3 Å². The summed E-state index contributed by atoms with van der Waals surface area (Å²) in [5, 5.41) is 15.1. The van der Waals surface area contributed by atoms with E-state index in [1.807, 2.05) is 0 Å². The van der Waals surface area contributed by atoms with Crippen molar-refractivity contribution in [2.24, 2.45) is 0 Å². The number of ether oxygens (including phenoxy) is 1. The van der Waals surface area contributed by atoms with Crippen LogP contribution in [0.2, 0.25) is 5.02 Å². The van der Waals surface area contributed by atoms with Crippen LogP contribution >= 0.6 is 11.6 Å². The highest BCUT2D eigenvalue weighted by molar-refractivity contribution is 6.31. The van der Waals surface area contributed by atoms with Crippen molar-refractivity contribution in [2.75, 3.05) is 6.61 Å². The Morgan fingerprint density at radius 3 is 3.11 bits per heavy atom. The first-order chi connectivity index (χ1) is 8.72. The van der Waals surface area contributed by atoms with Gasteiger partial charge in [-0.15, -0.1) is 0 Å². The van der Waals surface area contributed by atoms with Gasteiger partial charge in [0.15, 0.2) is 0 Å². The average molecular weight is 273 g/mol. The van der Waals surface area contributed by atoms with Crippen LogP contribution in [0.3, 0.4) is 0 Å². The normalized spacial score (nSPS) is 22.1. The fourth-order valence-electron chi connectivity index (χ4n) is 2.45. The number of aromatic nitrogens is 2. The Hall–Kier alpha value is -0.580. The molecule has 2 atom stereocenters. The van der Waals surface area contributed by atoms with E-state index in [1.54, 1.807) is 10.9 Å². The Balaban J connectivity index is 2.02. The molecule has 0 saturated carbocycles. The van der Waals surface area contributed by atoms with Crippen LogP contribution in [0.1, 0.15) is 50.8 Å². The predicted molar refractivity (Wildman–Crippen MR) is 70.7 cm³/mol. The van der Waals surface area contributed by atoms with Crippen molar-refractivity contribution in [1.82, 2.24) is 9.78 Å². The quantitative estimate of drug-likeness (QED) is 0.896. The summed E-state index contributed by atoms with van der Waals surface area (Å²) >= 11 is 6.11. The van der Waals surface area contributed by atoms with Crippen LogP contribution in [0, 0.1) is 0 Å². The highest BCUT2D eigenvalue weighted by Crippen LogP contribution is 2.29. The number of hydrogen-bond donors (Lipinski definition) is 1. The van der Waals surface area contributed by atoms with Gasteiger partial charge in [-0.1, -0.05) is 18.5 Å². The summed E-state index contributed by atoms with van der Waals surface area (Å²) in [5.41, 5.74) is 0.729. The van der Waals surface area contributed by atoms with Crippen LogP contribution in [0.25, 0.3) is 0 Å². The maximum absolute atomic E-state index is 10.3. The van der Waals surface area contributed by atoms with E-state index in [9.17, 15) is 5.11 Å². The third kappa shape index (κ3) is 3.25. The first-order valence-corrected chi connectivity index (χ1v) is 7.11. The van der Waals surface area contributed by atoms with E-state index in [1.165, 1.54) is 6.42 Å². The van der Waals surface area contributed by atoms with Crippen molar-refractivity contribution in [3.8, 4) is 0 Å². The Bertz CT molecular complexity index is 375. The molecule has 1 fully saturated rings. The SMILES string of the molecule is CCCn1ncc(Cl)c1C(O)CC1CCCCO1. The summed E-state index contributed by atoms with van der Waals surface area (Å²) in [4.78, 5) is 0. The Morgan fingerprint density at radius 2 is 2.44 bits per heavy atom. The molecule has 5 heteroatoms. The molecule has 1 aromatic heterocycles. The second-order valence-electron chi connectivity index (χ2n) is 4.84. The number of aliphatic hydroxyl groups excluding tert-OH is 1. The van der Waals surface area contributed by atoms with E-state index < -0.39 is 6.10 Å². The van der Waals surface area contributed by atoms with Crippen molar-refractivity contribution >= 4 is 11.6 Å². The molecular weight excluding hydrogens is 252 g/mol. The van der Waals surface area contributed by atoms with E-state index in [0.29, 0.717) is 11.4 Å². The van der Waals surface area contributed by atoms with Gasteiger partial charge in [-0.05, 0) is 25.7 Å². The molecule has 1 aromatic rings. The zero-order chi connectivity index (χ0) is 13.0. The zero-order valence-corrected chi connectivity index (χ0v) is 11.6. The second kappa shape index (κ2) is 6.55.